The predicted octanol–water partition coefficient (Wildman–Crippen LogP) is 2.86. The maximum atomic E-state index is 13.9. The summed E-state index contributed by atoms with van der Waals surface area (Å²) in [5.74, 6) is -0.515. The lowest BCUT2D eigenvalue weighted by Gasteiger charge is -2.26. The van der Waals surface area contributed by atoms with Gasteiger partial charge < -0.3 is 10.5 Å². The van der Waals surface area contributed by atoms with Crippen molar-refractivity contribution in [3.05, 3.63) is 24.0 Å². The summed E-state index contributed by atoms with van der Waals surface area (Å²) < 4.78 is 32.4. The van der Waals surface area contributed by atoms with Crippen LogP contribution >= 0.6 is 0 Å². The van der Waals surface area contributed by atoms with Crippen molar-refractivity contribution in [1.29, 1.82) is 0 Å². The zero-order valence-corrected chi connectivity index (χ0v) is 12.5. The van der Waals surface area contributed by atoms with Gasteiger partial charge in [-0.15, -0.1) is 0 Å². The Hall–Kier alpha value is -0.940. The van der Waals surface area contributed by atoms with Crippen LogP contribution in [0.5, 0.6) is 0 Å². The summed E-state index contributed by atoms with van der Waals surface area (Å²) in [6.07, 6.45) is 0.635. The molecule has 19 heavy (non-hydrogen) atoms. The highest BCUT2D eigenvalue weighted by atomic mass is 32.2. The molecule has 2 atom stereocenters. The molecule has 5 heteroatoms. The Bertz CT molecular complexity index is 528. The number of halogens is 1. The van der Waals surface area contributed by atoms with Gasteiger partial charge in [0.05, 0.1) is 32.1 Å². The molecular weight excluding hydrogens is 265 g/mol. The number of hydrogen-bond donors (Lipinski definition) is 1. The lowest BCUT2D eigenvalue weighted by molar-refractivity contribution is -0.0633. The maximum absolute atomic E-state index is 13.9. The van der Waals surface area contributed by atoms with Gasteiger partial charge in [-0.05, 0) is 52.3 Å². The van der Waals surface area contributed by atoms with Gasteiger partial charge in [-0.1, -0.05) is 0 Å². The summed E-state index contributed by atoms with van der Waals surface area (Å²) in [7, 11) is -1.45. The molecule has 0 bridgehead atoms. The lowest BCUT2D eigenvalue weighted by Crippen LogP contribution is -2.36. The summed E-state index contributed by atoms with van der Waals surface area (Å²) in [5, 5.41) is -0.236. The fourth-order valence-corrected chi connectivity index (χ4v) is 4.55. The fourth-order valence-electron chi connectivity index (χ4n) is 2.68. The molecule has 0 spiro atoms. The van der Waals surface area contributed by atoms with Crippen LogP contribution in [0.2, 0.25) is 0 Å². The van der Waals surface area contributed by atoms with Gasteiger partial charge in [-0.2, -0.15) is 0 Å². The average molecular weight is 285 g/mol. The van der Waals surface area contributed by atoms with Crippen LogP contribution in [0.4, 0.5) is 10.1 Å². The fraction of sp³-hybridized carbons (Fsp3) is 0.571. The first-order chi connectivity index (χ1) is 8.62. The number of rotatable bonds is 2. The molecule has 1 aliphatic rings. The Morgan fingerprint density at radius 1 is 1.37 bits per heavy atom. The number of nitrogen functional groups attached to an aromatic ring is 1. The van der Waals surface area contributed by atoms with E-state index >= 15 is 0 Å². The van der Waals surface area contributed by atoms with E-state index in [1.807, 2.05) is 27.7 Å². The van der Waals surface area contributed by atoms with Crippen LogP contribution in [0.1, 0.15) is 34.1 Å². The van der Waals surface area contributed by atoms with Crippen LogP contribution in [0, 0.1) is 5.82 Å². The Morgan fingerprint density at radius 2 is 2.00 bits per heavy atom. The summed E-state index contributed by atoms with van der Waals surface area (Å²) in [4.78, 5) is 0.202. The van der Waals surface area contributed by atoms with E-state index in [9.17, 15) is 8.60 Å². The van der Waals surface area contributed by atoms with Crippen molar-refractivity contribution >= 4 is 16.5 Å². The van der Waals surface area contributed by atoms with Gasteiger partial charge in [-0.25, -0.2) is 4.39 Å². The molecule has 1 aliphatic heterocycles. The molecule has 0 amide bonds. The molecule has 106 valence electrons. The van der Waals surface area contributed by atoms with Crippen molar-refractivity contribution in [2.45, 2.75) is 55.5 Å². The number of hydrogen-bond acceptors (Lipinski definition) is 3. The number of nitrogens with two attached hydrogens (primary N) is 1. The molecule has 2 N–H and O–H groups in total. The Labute approximate surface area is 115 Å². The minimum atomic E-state index is -1.45. The maximum Gasteiger partial charge on any atom is 0.141 e. The van der Waals surface area contributed by atoms with Gasteiger partial charge in [0, 0.05) is 5.69 Å². The van der Waals surface area contributed by atoms with E-state index in [2.05, 4.69) is 0 Å². The summed E-state index contributed by atoms with van der Waals surface area (Å²) in [6, 6.07) is 4.29. The molecule has 1 saturated heterocycles. The Balaban J connectivity index is 2.34. The van der Waals surface area contributed by atoms with E-state index < -0.39 is 22.2 Å². The van der Waals surface area contributed by atoms with Crippen molar-refractivity contribution in [3.63, 3.8) is 0 Å². The zero-order valence-electron chi connectivity index (χ0n) is 11.7. The van der Waals surface area contributed by atoms with Crippen LogP contribution in [-0.2, 0) is 15.5 Å². The molecule has 0 aliphatic carbocycles. The highest BCUT2D eigenvalue weighted by Crippen LogP contribution is 2.41. The molecular formula is C14H20FNO2S. The second-order valence-electron chi connectivity index (χ2n) is 6.15. The van der Waals surface area contributed by atoms with Crippen molar-refractivity contribution < 1.29 is 13.3 Å². The molecule has 3 nitrogen and oxygen atoms in total. The quantitative estimate of drug-likeness (QED) is 0.850. The lowest BCUT2D eigenvalue weighted by atomic mass is 10.0. The normalized spacial score (nSPS) is 26.3. The molecule has 1 aromatic rings. The van der Waals surface area contributed by atoms with Crippen LogP contribution in [0.15, 0.2) is 23.1 Å². The molecule has 2 unspecified atom stereocenters. The van der Waals surface area contributed by atoms with Crippen LogP contribution < -0.4 is 5.73 Å². The van der Waals surface area contributed by atoms with E-state index in [1.54, 1.807) is 6.07 Å². The molecule has 1 fully saturated rings. The molecule has 0 aromatic heterocycles. The third kappa shape index (κ3) is 2.82. The van der Waals surface area contributed by atoms with Crippen molar-refractivity contribution in [3.8, 4) is 0 Å². The largest absolute Gasteiger partial charge is 0.399 e. The molecule has 0 radical (unpaired) electrons. The number of ether oxygens (including phenoxy) is 1. The number of benzene rings is 1. The average Bonchev–Trinajstić information content (AvgIpc) is 2.45. The van der Waals surface area contributed by atoms with Gasteiger partial charge in [-0.3, -0.25) is 4.21 Å². The van der Waals surface area contributed by atoms with Crippen molar-refractivity contribution in [2.24, 2.45) is 0 Å². The first-order valence-electron chi connectivity index (χ1n) is 6.28. The second-order valence-corrected chi connectivity index (χ2v) is 7.75. The minimum Gasteiger partial charge on any atom is -0.399 e. The molecule has 2 rings (SSSR count). The summed E-state index contributed by atoms with van der Waals surface area (Å²) in [6.45, 7) is 7.73. The second kappa shape index (κ2) is 4.56. The van der Waals surface area contributed by atoms with E-state index in [0.717, 1.165) is 0 Å². The summed E-state index contributed by atoms with van der Waals surface area (Å²) >= 11 is 0. The Morgan fingerprint density at radius 3 is 2.47 bits per heavy atom. The van der Waals surface area contributed by atoms with Crippen molar-refractivity contribution in [2.75, 3.05) is 5.73 Å². The van der Waals surface area contributed by atoms with Gasteiger partial charge >= 0.3 is 0 Å². The van der Waals surface area contributed by atoms with Gasteiger partial charge in [0.1, 0.15) is 5.82 Å². The SMILES string of the molecule is CC1(C)CC(S(=O)c2ccc(N)cc2F)C(C)(C)O1. The smallest absolute Gasteiger partial charge is 0.141 e. The van der Waals surface area contributed by atoms with Gasteiger partial charge in [0.25, 0.3) is 0 Å². The Kier molecular flexibility index (Phi) is 3.47. The van der Waals surface area contributed by atoms with Crippen LogP contribution in [0.25, 0.3) is 0 Å². The topological polar surface area (TPSA) is 52.3 Å². The monoisotopic (exact) mass is 285 g/mol. The van der Waals surface area contributed by atoms with E-state index in [0.29, 0.717) is 12.1 Å². The number of anilines is 1. The standard InChI is InChI=1S/C14H20FNO2S/c1-13(2)8-12(14(3,4)18-13)19(17)11-6-5-9(16)7-10(11)15/h5-7,12H,8,16H2,1-4H3. The van der Waals surface area contributed by atoms with Crippen LogP contribution in [0.3, 0.4) is 0 Å². The molecule has 1 heterocycles. The predicted molar refractivity (Wildman–Crippen MR) is 74.9 cm³/mol. The molecule has 0 saturated carbocycles. The highest BCUT2D eigenvalue weighted by molar-refractivity contribution is 7.85. The highest BCUT2D eigenvalue weighted by Gasteiger charge is 2.49. The zero-order chi connectivity index (χ0) is 14.4. The van der Waals surface area contributed by atoms with Gasteiger partial charge in [0.15, 0.2) is 0 Å². The van der Waals surface area contributed by atoms with Crippen molar-refractivity contribution in [1.82, 2.24) is 0 Å². The van der Waals surface area contributed by atoms with E-state index in [4.69, 9.17) is 10.5 Å². The first kappa shape index (κ1) is 14.5. The first-order valence-corrected chi connectivity index (χ1v) is 7.49. The van der Waals surface area contributed by atoms with Crippen LogP contribution in [-0.4, -0.2) is 20.7 Å². The summed E-state index contributed by atoms with van der Waals surface area (Å²) in [5.41, 5.74) is 4.97. The third-order valence-electron chi connectivity index (χ3n) is 3.42. The van der Waals surface area contributed by atoms with E-state index in [1.165, 1.54) is 12.1 Å². The van der Waals surface area contributed by atoms with Gasteiger partial charge in [0.2, 0.25) is 0 Å². The minimum absolute atomic E-state index is 0.202. The van der Waals surface area contributed by atoms with E-state index in [-0.39, 0.29) is 15.7 Å². The molecule has 1 aromatic carbocycles. The third-order valence-corrected chi connectivity index (χ3v) is 5.44.